The molecule has 0 spiro atoms. The van der Waals surface area contributed by atoms with Crippen LogP contribution in [0.1, 0.15) is 32.6 Å². The second-order valence-electron chi connectivity index (χ2n) is 7.60. The number of nitro benzene ring substituents is 1. The van der Waals surface area contributed by atoms with Gasteiger partial charge in [-0.05, 0) is 30.2 Å². The highest BCUT2D eigenvalue weighted by Gasteiger charge is 2.22. The molecule has 7 heteroatoms. The summed E-state index contributed by atoms with van der Waals surface area (Å²) in [5.74, 6) is 0.392. The van der Waals surface area contributed by atoms with Crippen molar-refractivity contribution in [2.24, 2.45) is 4.99 Å². The van der Waals surface area contributed by atoms with E-state index in [1.54, 1.807) is 6.92 Å². The van der Waals surface area contributed by atoms with E-state index in [0.717, 1.165) is 17.0 Å². The molecule has 1 aliphatic rings. The average Bonchev–Trinajstić information content (AvgIpc) is 3.23. The first kappa shape index (κ1) is 21.2. The van der Waals surface area contributed by atoms with Crippen LogP contribution in [0.25, 0.3) is 0 Å². The topological polar surface area (TPSA) is 85.0 Å². The Bertz CT molecular complexity index is 1170. The Kier molecular flexibility index (Phi) is 6.26. The number of fused-ring (bicyclic) bond motifs is 1. The fraction of sp³-hybridized carbons (Fsp3) is 0.200. The molecule has 0 saturated carbocycles. The van der Waals surface area contributed by atoms with E-state index in [-0.39, 0.29) is 12.3 Å². The van der Waals surface area contributed by atoms with Crippen molar-refractivity contribution in [3.63, 3.8) is 0 Å². The largest absolute Gasteiger partial charge is 0.460 e. The molecule has 3 aromatic carbocycles. The lowest BCUT2D eigenvalue weighted by molar-refractivity contribution is -0.385. The monoisotopic (exact) mass is 429 g/mol. The van der Waals surface area contributed by atoms with Crippen molar-refractivity contribution >= 4 is 17.5 Å². The highest BCUT2D eigenvalue weighted by Crippen LogP contribution is 2.22. The smallest absolute Gasteiger partial charge is 0.338 e. The van der Waals surface area contributed by atoms with Crippen LogP contribution in [0.2, 0.25) is 0 Å². The number of benzene rings is 3. The zero-order valence-corrected chi connectivity index (χ0v) is 17.7. The van der Waals surface area contributed by atoms with Gasteiger partial charge in [-0.2, -0.15) is 0 Å². The number of hydrogen-bond donors (Lipinski definition) is 0. The lowest BCUT2D eigenvalue weighted by Crippen LogP contribution is -2.34. The van der Waals surface area contributed by atoms with E-state index in [9.17, 15) is 14.9 Å². The molecule has 7 nitrogen and oxygen atoms in total. The Morgan fingerprint density at radius 3 is 2.59 bits per heavy atom. The van der Waals surface area contributed by atoms with Crippen molar-refractivity contribution < 1.29 is 14.5 Å². The lowest BCUT2D eigenvalue weighted by Gasteiger charge is -2.25. The number of aryl methyl sites for hydroxylation is 1. The van der Waals surface area contributed by atoms with Crippen LogP contribution in [0, 0.1) is 17.0 Å². The average molecular weight is 429 g/mol. The minimum absolute atomic E-state index is 0.0199. The van der Waals surface area contributed by atoms with Crippen LogP contribution in [0.5, 0.6) is 0 Å². The molecule has 0 N–H and O–H groups in total. The molecule has 0 aromatic heterocycles. The maximum atomic E-state index is 12.5. The number of esters is 1. The third-order valence-electron chi connectivity index (χ3n) is 5.40. The Morgan fingerprint density at radius 1 is 1.09 bits per heavy atom. The van der Waals surface area contributed by atoms with E-state index < -0.39 is 10.9 Å². The van der Waals surface area contributed by atoms with Gasteiger partial charge in [-0.15, -0.1) is 0 Å². The van der Waals surface area contributed by atoms with Gasteiger partial charge in [0, 0.05) is 23.7 Å². The fourth-order valence-electron chi connectivity index (χ4n) is 3.77. The van der Waals surface area contributed by atoms with Crippen molar-refractivity contribution in [1.82, 2.24) is 4.90 Å². The number of aliphatic imine (C=N–C) groups is 1. The maximum Gasteiger partial charge on any atom is 0.338 e. The van der Waals surface area contributed by atoms with E-state index in [1.807, 2.05) is 30.3 Å². The Balaban J connectivity index is 1.46. The third-order valence-corrected chi connectivity index (χ3v) is 5.40. The highest BCUT2D eigenvalue weighted by molar-refractivity contribution is 6.02. The quantitative estimate of drug-likeness (QED) is 0.313. The summed E-state index contributed by atoms with van der Waals surface area (Å²) in [5.41, 5.74) is 4.11. The normalized spacial score (nSPS) is 12.1. The molecule has 1 heterocycles. The van der Waals surface area contributed by atoms with Crippen LogP contribution in [-0.4, -0.2) is 34.8 Å². The van der Waals surface area contributed by atoms with Gasteiger partial charge >= 0.3 is 5.97 Å². The van der Waals surface area contributed by atoms with Crippen LogP contribution < -0.4 is 0 Å². The standard InChI is InChI=1S/C25H23N3O4/c1-18-15-20(11-12-23(18)28(30)31)25(29)32-14-13-27(17-19-7-3-2-4-8-19)24-22-10-6-5-9-21(22)16-26-24/h2-12,15H,13-14,16-17H2,1H3. The summed E-state index contributed by atoms with van der Waals surface area (Å²) in [6.07, 6.45) is 0. The van der Waals surface area contributed by atoms with Gasteiger partial charge in [0.2, 0.25) is 0 Å². The molecule has 0 saturated heterocycles. The van der Waals surface area contributed by atoms with Crippen LogP contribution in [0.4, 0.5) is 5.69 Å². The number of nitrogens with zero attached hydrogens (tertiary/aromatic N) is 3. The fourth-order valence-corrected chi connectivity index (χ4v) is 3.77. The zero-order valence-electron chi connectivity index (χ0n) is 17.7. The van der Waals surface area contributed by atoms with E-state index >= 15 is 0 Å². The van der Waals surface area contributed by atoms with Crippen LogP contribution in [0.3, 0.4) is 0 Å². The summed E-state index contributed by atoms with van der Waals surface area (Å²) in [6, 6.07) is 22.5. The molecular formula is C25H23N3O4. The first-order valence-electron chi connectivity index (χ1n) is 10.4. The first-order valence-corrected chi connectivity index (χ1v) is 10.4. The van der Waals surface area contributed by atoms with Gasteiger partial charge in [-0.1, -0.05) is 54.6 Å². The molecular weight excluding hydrogens is 406 g/mol. The summed E-state index contributed by atoms with van der Waals surface area (Å²) in [7, 11) is 0. The SMILES string of the molecule is Cc1cc(C(=O)OCCN(Cc2ccccc2)C2=NCc3ccccc32)ccc1[N+](=O)[O-]. The molecule has 0 bridgehead atoms. The molecule has 162 valence electrons. The van der Waals surface area contributed by atoms with Crippen molar-refractivity contribution in [3.8, 4) is 0 Å². The highest BCUT2D eigenvalue weighted by atomic mass is 16.6. The van der Waals surface area contributed by atoms with Crippen molar-refractivity contribution in [3.05, 3.63) is 111 Å². The van der Waals surface area contributed by atoms with Gasteiger partial charge in [-0.25, -0.2) is 4.79 Å². The summed E-state index contributed by atoms with van der Waals surface area (Å²) in [5, 5.41) is 11.0. The van der Waals surface area contributed by atoms with E-state index in [1.165, 1.54) is 23.8 Å². The summed E-state index contributed by atoms with van der Waals surface area (Å²) in [4.78, 5) is 29.9. The second-order valence-corrected chi connectivity index (χ2v) is 7.60. The van der Waals surface area contributed by atoms with E-state index in [4.69, 9.17) is 9.73 Å². The zero-order chi connectivity index (χ0) is 22.5. The van der Waals surface area contributed by atoms with E-state index in [0.29, 0.717) is 30.8 Å². The minimum Gasteiger partial charge on any atom is -0.460 e. The third kappa shape index (κ3) is 4.67. The van der Waals surface area contributed by atoms with E-state index in [2.05, 4.69) is 29.2 Å². The number of hydrogen-bond acceptors (Lipinski definition) is 6. The molecule has 3 aromatic rings. The van der Waals surface area contributed by atoms with Gasteiger partial charge in [0.05, 0.1) is 23.6 Å². The molecule has 1 aliphatic heterocycles. The summed E-state index contributed by atoms with van der Waals surface area (Å²) in [6.45, 7) is 3.52. The van der Waals surface area contributed by atoms with Crippen molar-refractivity contribution in [1.29, 1.82) is 0 Å². The number of nitro groups is 1. The van der Waals surface area contributed by atoms with Crippen molar-refractivity contribution in [2.45, 2.75) is 20.0 Å². The van der Waals surface area contributed by atoms with Gasteiger partial charge in [0.25, 0.3) is 5.69 Å². The molecule has 0 atom stereocenters. The second kappa shape index (κ2) is 9.43. The van der Waals surface area contributed by atoms with Gasteiger partial charge in [0.15, 0.2) is 0 Å². The number of ether oxygens (including phenoxy) is 1. The molecule has 0 amide bonds. The number of carbonyl (C=O) groups excluding carboxylic acids is 1. The Hall–Kier alpha value is -4.00. The number of amidine groups is 1. The predicted octanol–water partition coefficient (Wildman–Crippen LogP) is 4.52. The molecule has 4 rings (SSSR count). The van der Waals surface area contributed by atoms with Crippen LogP contribution in [0.15, 0.2) is 77.8 Å². The summed E-state index contributed by atoms with van der Waals surface area (Å²) >= 11 is 0. The van der Waals surface area contributed by atoms with Crippen LogP contribution >= 0.6 is 0 Å². The van der Waals surface area contributed by atoms with Crippen LogP contribution in [-0.2, 0) is 17.8 Å². The maximum absolute atomic E-state index is 12.5. The minimum atomic E-state index is -0.503. The lowest BCUT2D eigenvalue weighted by atomic mass is 10.1. The molecule has 0 radical (unpaired) electrons. The molecule has 0 aliphatic carbocycles. The van der Waals surface area contributed by atoms with Gasteiger partial charge < -0.3 is 9.64 Å². The molecule has 0 fully saturated rings. The van der Waals surface area contributed by atoms with Gasteiger partial charge in [0.1, 0.15) is 12.4 Å². The van der Waals surface area contributed by atoms with Crippen molar-refractivity contribution in [2.75, 3.05) is 13.2 Å². The first-order chi connectivity index (χ1) is 15.5. The summed E-state index contributed by atoms with van der Waals surface area (Å²) < 4.78 is 5.49. The van der Waals surface area contributed by atoms with Gasteiger partial charge in [-0.3, -0.25) is 15.1 Å². The molecule has 32 heavy (non-hydrogen) atoms. The Morgan fingerprint density at radius 2 is 1.84 bits per heavy atom. The number of rotatable bonds is 7. The Labute approximate surface area is 186 Å². The number of carbonyl (C=O) groups is 1. The molecule has 0 unspecified atom stereocenters. The predicted molar refractivity (Wildman–Crippen MR) is 122 cm³/mol.